The predicted octanol–water partition coefficient (Wildman–Crippen LogP) is 2.83. The molecule has 0 unspecified atom stereocenters. The van der Waals surface area contributed by atoms with Crippen LogP contribution in [-0.4, -0.2) is 19.3 Å². The summed E-state index contributed by atoms with van der Waals surface area (Å²) in [5, 5.41) is 3.34. The van der Waals surface area contributed by atoms with Crippen molar-refractivity contribution in [2.24, 2.45) is 0 Å². The number of methoxy groups -OCH3 is 1. The van der Waals surface area contributed by atoms with Gasteiger partial charge in [-0.3, -0.25) is 0 Å². The minimum Gasteiger partial charge on any atom is -0.382 e. The first kappa shape index (κ1) is 11.1. The van der Waals surface area contributed by atoms with Gasteiger partial charge < -0.3 is 10.1 Å². The lowest BCUT2D eigenvalue weighted by atomic mass is 10.1. The zero-order valence-electron chi connectivity index (χ0n) is 9.42. The maximum absolute atomic E-state index is 5.32. The van der Waals surface area contributed by atoms with Crippen LogP contribution in [0.2, 0.25) is 0 Å². The summed E-state index contributed by atoms with van der Waals surface area (Å²) in [7, 11) is 1.73. The van der Waals surface area contributed by atoms with Crippen molar-refractivity contribution in [1.82, 2.24) is 0 Å². The molecule has 1 N–H and O–H groups in total. The van der Waals surface area contributed by atoms with Crippen LogP contribution < -0.4 is 5.32 Å². The summed E-state index contributed by atoms with van der Waals surface area (Å²) >= 11 is 0. The first-order chi connectivity index (χ1) is 6.53. The number of rotatable bonds is 4. The van der Waals surface area contributed by atoms with Crippen molar-refractivity contribution in [2.75, 3.05) is 19.0 Å². The zero-order valence-corrected chi connectivity index (χ0v) is 9.42. The van der Waals surface area contributed by atoms with Crippen molar-refractivity contribution in [1.29, 1.82) is 0 Å². The van der Waals surface area contributed by atoms with Crippen LogP contribution in [0.1, 0.15) is 19.4 Å². The normalized spacial score (nSPS) is 11.4. The second kappa shape index (κ2) is 4.47. The molecule has 0 fully saturated rings. The third-order valence-corrected chi connectivity index (χ3v) is 2.32. The smallest absolute Gasteiger partial charge is 0.0794 e. The van der Waals surface area contributed by atoms with Crippen LogP contribution in [-0.2, 0) is 4.74 Å². The zero-order chi connectivity index (χ0) is 10.6. The summed E-state index contributed by atoms with van der Waals surface area (Å²) in [6, 6.07) is 8.37. The molecule has 0 aliphatic rings. The molecule has 1 aromatic carbocycles. The van der Waals surface area contributed by atoms with E-state index in [1.807, 2.05) is 0 Å². The van der Waals surface area contributed by atoms with E-state index in [2.05, 4.69) is 50.4 Å². The van der Waals surface area contributed by atoms with Crippen LogP contribution in [0.3, 0.4) is 0 Å². The number of benzene rings is 1. The lowest BCUT2D eigenvalue weighted by Gasteiger charge is -2.23. The largest absolute Gasteiger partial charge is 0.382 e. The minimum absolute atomic E-state index is 0.120. The highest BCUT2D eigenvalue weighted by atomic mass is 16.5. The molecule has 0 saturated carbocycles. The number of nitrogens with one attached hydrogen (secondary N) is 1. The summed E-state index contributed by atoms with van der Waals surface area (Å²) in [5.41, 5.74) is 2.30. The number of aryl methyl sites for hydroxylation is 1. The molecular formula is C12H19NO. The van der Waals surface area contributed by atoms with Gasteiger partial charge in [-0.15, -0.1) is 0 Å². The fourth-order valence-electron chi connectivity index (χ4n) is 1.06. The molecule has 1 aromatic rings. The van der Waals surface area contributed by atoms with Gasteiger partial charge in [0.05, 0.1) is 5.60 Å². The van der Waals surface area contributed by atoms with E-state index < -0.39 is 0 Å². The molecule has 2 nitrogen and oxygen atoms in total. The lowest BCUT2D eigenvalue weighted by Crippen LogP contribution is -2.31. The van der Waals surface area contributed by atoms with Gasteiger partial charge in [-0.05, 0) is 32.9 Å². The molecule has 0 heterocycles. The summed E-state index contributed by atoms with van der Waals surface area (Å²) in [6.45, 7) is 7.03. The van der Waals surface area contributed by atoms with E-state index in [4.69, 9.17) is 4.74 Å². The Morgan fingerprint density at radius 2 is 1.79 bits per heavy atom. The van der Waals surface area contributed by atoms with Gasteiger partial charge >= 0.3 is 0 Å². The van der Waals surface area contributed by atoms with Crippen molar-refractivity contribution in [3.63, 3.8) is 0 Å². The first-order valence-corrected chi connectivity index (χ1v) is 4.89. The Labute approximate surface area is 86.3 Å². The summed E-state index contributed by atoms with van der Waals surface area (Å²) in [6.07, 6.45) is 0. The van der Waals surface area contributed by atoms with E-state index in [-0.39, 0.29) is 5.60 Å². The minimum atomic E-state index is -0.120. The van der Waals surface area contributed by atoms with E-state index in [0.29, 0.717) is 0 Å². The highest BCUT2D eigenvalue weighted by molar-refractivity contribution is 5.44. The molecule has 78 valence electrons. The quantitative estimate of drug-likeness (QED) is 0.794. The predicted molar refractivity (Wildman–Crippen MR) is 60.8 cm³/mol. The molecule has 0 aliphatic carbocycles. The number of ether oxygens (including phenoxy) is 1. The van der Waals surface area contributed by atoms with E-state index >= 15 is 0 Å². The second-order valence-corrected chi connectivity index (χ2v) is 4.18. The number of hydrogen-bond acceptors (Lipinski definition) is 2. The van der Waals surface area contributed by atoms with E-state index in [0.717, 1.165) is 12.2 Å². The van der Waals surface area contributed by atoms with Crippen molar-refractivity contribution >= 4 is 5.69 Å². The average Bonchev–Trinajstić information content (AvgIpc) is 2.17. The Morgan fingerprint density at radius 1 is 1.21 bits per heavy atom. The maximum atomic E-state index is 5.32. The molecule has 0 bridgehead atoms. The molecular weight excluding hydrogens is 174 g/mol. The van der Waals surface area contributed by atoms with Crippen LogP contribution in [0.4, 0.5) is 5.69 Å². The highest BCUT2D eigenvalue weighted by Gasteiger charge is 2.15. The summed E-state index contributed by atoms with van der Waals surface area (Å²) < 4.78 is 5.32. The first-order valence-electron chi connectivity index (χ1n) is 4.89. The third kappa shape index (κ3) is 3.38. The standard InChI is InChI=1S/C12H19NO/c1-10-5-7-11(8-6-10)13-9-12(2,3)14-4/h5-8,13H,9H2,1-4H3. The van der Waals surface area contributed by atoms with E-state index in [9.17, 15) is 0 Å². The molecule has 0 atom stereocenters. The molecule has 1 rings (SSSR count). The van der Waals surface area contributed by atoms with Crippen LogP contribution in [0.15, 0.2) is 24.3 Å². The molecule has 0 amide bonds. The Morgan fingerprint density at radius 3 is 2.29 bits per heavy atom. The van der Waals surface area contributed by atoms with Crippen LogP contribution in [0.25, 0.3) is 0 Å². The van der Waals surface area contributed by atoms with Gasteiger partial charge in [0, 0.05) is 19.3 Å². The number of anilines is 1. The molecule has 2 heteroatoms. The SMILES string of the molecule is COC(C)(C)CNc1ccc(C)cc1. The van der Waals surface area contributed by atoms with Gasteiger partial charge in [-0.2, -0.15) is 0 Å². The Kier molecular flexibility index (Phi) is 3.53. The van der Waals surface area contributed by atoms with Crippen LogP contribution >= 0.6 is 0 Å². The third-order valence-electron chi connectivity index (χ3n) is 2.32. The Balaban J connectivity index is 2.50. The molecule has 14 heavy (non-hydrogen) atoms. The molecule has 0 spiro atoms. The van der Waals surface area contributed by atoms with Gasteiger partial charge in [0.15, 0.2) is 0 Å². The molecule has 0 saturated heterocycles. The second-order valence-electron chi connectivity index (χ2n) is 4.18. The molecule has 0 aliphatic heterocycles. The van der Waals surface area contributed by atoms with Crippen LogP contribution in [0.5, 0.6) is 0 Å². The van der Waals surface area contributed by atoms with Crippen molar-refractivity contribution < 1.29 is 4.74 Å². The van der Waals surface area contributed by atoms with Gasteiger partial charge in [-0.25, -0.2) is 0 Å². The van der Waals surface area contributed by atoms with Gasteiger partial charge in [0.25, 0.3) is 0 Å². The fourth-order valence-corrected chi connectivity index (χ4v) is 1.06. The highest BCUT2D eigenvalue weighted by Crippen LogP contribution is 2.12. The lowest BCUT2D eigenvalue weighted by molar-refractivity contribution is 0.0344. The van der Waals surface area contributed by atoms with Crippen LogP contribution in [0, 0.1) is 6.92 Å². The van der Waals surface area contributed by atoms with E-state index in [1.54, 1.807) is 7.11 Å². The summed E-state index contributed by atoms with van der Waals surface area (Å²) in [5.74, 6) is 0. The molecule has 0 aromatic heterocycles. The van der Waals surface area contributed by atoms with Gasteiger partial charge in [0.2, 0.25) is 0 Å². The fraction of sp³-hybridized carbons (Fsp3) is 0.500. The van der Waals surface area contributed by atoms with Crippen molar-refractivity contribution in [2.45, 2.75) is 26.4 Å². The maximum Gasteiger partial charge on any atom is 0.0794 e. The Hall–Kier alpha value is -1.02. The summed E-state index contributed by atoms with van der Waals surface area (Å²) in [4.78, 5) is 0. The van der Waals surface area contributed by atoms with E-state index in [1.165, 1.54) is 5.56 Å². The number of hydrogen-bond donors (Lipinski definition) is 1. The van der Waals surface area contributed by atoms with Crippen molar-refractivity contribution in [3.8, 4) is 0 Å². The van der Waals surface area contributed by atoms with Gasteiger partial charge in [0.1, 0.15) is 0 Å². The average molecular weight is 193 g/mol. The monoisotopic (exact) mass is 193 g/mol. The van der Waals surface area contributed by atoms with Crippen molar-refractivity contribution in [3.05, 3.63) is 29.8 Å². The van der Waals surface area contributed by atoms with Gasteiger partial charge in [-0.1, -0.05) is 17.7 Å². The Bertz CT molecular complexity index is 277. The topological polar surface area (TPSA) is 21.3 Å². The molecule has 0 radical (unpaired) electrons.